The molecule has 3 aromatic rings. The zero-order valence-corrected chi connectivity index (χ0v) is 19.3. The summed E-state index contributed by atoms with van der Waals surface area (Å²) < 4.78 is 5.41. The van der Waals surface area contributed by atoms with Crippen LogP contribution in [0.4, 0.5) is 0 Å². The molecule has 5 nitrogen and oxygen atoms in total. The molecule has 32 heavy (non-hydrogen) atoms. The van der Waals surface area contributed by atoms with Gasteiger partial charge in [0.25, 0.3) is 0 Å². The predicted octanol–water partition coefficient (Wildman–Crippen LogP) is 4.13. The molecule has 0 aliphatic carbocycles. The van der Waals surface area contributed by atoms with Gasteiger partial charge in [-0.2, -0.15) is 0 Å². The number of likely N-dealkylation sites (N-methyl/N-ethyl adjacent to an activating group) is 1. The lowest BCUT2D eigenvalue weighted by Crippen LogP contribution is -2.38. The van der Waals surface area contributed by atoms with E-state index in [1.807, 2.05) is 54.4 Å². The Morgan fingerprint density at radius 2 is 1.78 bits per heavy atom. The maximum atomic E-state index is 13.2. The van der Waals surface area contributed by atoms with Crippen LogP contribution < -0.4 is 4.74 Å². The molecule has 1 fully saturated rings. The van der Waals surface area contributed by atoms with Crippen LogP contribution in [0.2, 0.25) is 0 Å². The van der Waals surface area contributed by atoms with Crippen LogP contribution in [0.5, 0.6) is 5.75 Å². The molecule has 1 saturated heterocycles. The van der Waals surface area contributed by atoms with E-state index in [-0.39, 0.29) is 24.2 Å². The predicted molar refractivity (Wildman–Crippen MR) is 128 cm³/mol. The molecule has 1 unspecified atom stereocenters. The Kier molecular flexibility index (Phi) is 6.90. The van der Waals surface area contributed by atoms with E-state index < -0.39 is 0 Å². The Morgan fingerprint density at radius 3 is 2.53 bits per heavy atom. The maximum Gasteiger partial charge on any atom is 0.227 e. The summed E-state index contributed by atoms with van der Waals surface area (Å²) in [5, 5.41) is 2.06. The first-order chi connectivity index (χ1) is 15.6. The van der Waals surface area contributed by atoms with Gasteiger partial charge in [-0.15, -0.1) is 11.3 Å². The zero-order chi connectivity index (χ0) is 22.5. The third-order valence-corrected chi connectivity index (χ3v) is 6.93. The highest BCUT2D eigenvalue weighted by Crippen LogP contribution is 2.30. The van der Waals surface area contributed by atoms with Crippen molar-refractivity contribution in [1.82, 2.24) is 9.80 Å². The van der Waals surface area contributed by atoms with Crippen molar-refractivity contribution in [1.29, 1.82) is 0 Å². The van der Waals surface area contributed by atoms with Gasteiger partial charge in [0.05, 0.1) is 19.4 Å². The van der Waals surface area contributed by atoms with Crippen molar-refractivity contribution in [3.05, 3.63) is 77.2 Å². The summed E-state index contributed by atoms with van der Waals surface area (Å²) in [5.41, 5.74) is 3.17. The Balaban J connectivity index is 1.55. The Morgan fingerprint density at radius 1 is 1.03 bits per heavy atom. The summed E-state index contributed by atoms with van der Waals surface area (Å²) in [6, 6.07) is 20.0. The van der Waals surface area contributed by atoms with Crippen LogP contribution in [-0.4, -0.2) is 55.4 Å². The number of ether oxygens (including phenoxy) is 1. The molecule has 166 valence electrons. The normalized spacial score (nSPS) is 16.7. The largest absolute Gasteiger partial charge is 0.496 e. The number of rotatable bonds is 6. The van der Waals surface area contributed by atoms with Crippen molar-refractivity contribution in [2.45, 2.75) is 12.8 Å². The van der Waals surface area contributed by atoms with E-state index in [4.69, 9.17) is 4.74 Å². The van der Waals surface area contributed by atoms with Crippen molar-refractivity contribution in [2.24, 2.45) is 5.92 Å². The third kappa shape index (κ3) is 4.86. The summed E-state index contributed by atoms with van der Waals surface area (Å²) in [7, 11) is 3.44. The van der Waals surface area contributed by atoms with Crippen LogP contribution in [0.3, 0.4) is 0 Å². The summed E-state index contributed by atoms with van der Waals surface area (Å²) in [6.07, 6.45) is 0.871. The van der Waals surface area contributed by atoms with Gasteiger partial charge >= 0.3 is 0 Å². The first-order valence-corrected chi connectivity index (χ1v) is 11.7. The molecule has 1 aromatic heterocycles. The average Bonchev–Trinajstić information content (AvgIpc) is 3.31. The average molecular weight is 449 g/mol. The lowest BCUT2D eigenvalue weighted by atomic mass is 9.93. The van der Waals surface area contributed by atoms with Crippen molar-refractivity contribution in [3.63, 3.8) is 0 Å². The molecule has 1 aliphatic heterocycles. The van der Waals surface area contributed by atoms with Gasteiger partial charge in [0.1, 0.15) is 5.75 Å². The zero-order valence-electron chi connectivity index (χ0n) is 18.5. The molecular weight excluding hydrogens is 420 g/mol. The maximum absolute atomic E-state index is 13.2. The van der Waals surface area contributed by atoms with E-state index in [1.165, 1.54) is 4.88 Å². The number of benzene rings is 2. The van der Waals surface area contributed by atoms with Crippen LogP contribution in [0, 0.1) is 5.92 Å². The molecule has 0 radical (unpaired) electrons. The minimum Gasteiger partial charge on any atom is -0.496 e. The SMILES string of the molecule is COc1ccccc1CC(=O)N1CCN(C)C(=O)C(Cc2ccccc2-c2cccs2)C1. The Labute approximate surface area is 193 Å². The molecule has 2 aromatic carbocycles. The van der Waals surface area contributed by atoms with E-state index in [0.29, 0.717) is 31.8 Å². The monoisotopic (exact) mass is 448 g/mol. The number of amides is 2. The second kappa shape index (κ2) is 10.0. The molecule has 1 atom stereocenters. The molecule has 2 amide bonds. The number of carbonyl (C=O) groups is 2. The van der Waals surface area contributed by atoms with E-state index in [1.54, 1.807) is 23.3 Å². The summed E-state index contributed by atoms with van der Waals surface area (Å²) in [5.74, 6) is 0.559. The van der Waals surface area contributed by atoms with E-state index in [0.717, 1.165) is 16.7 Å². The molecule has 0 N–H and O–H groups in total. The van der Waals surface area contributed by atoms with Gasteiger partial charge < -0.3 is 14.5 Å². The molecule has 6 heteroatoms. The number of hydrogen-bond donors (Lipinski definition) is 0. The number of carbonyl (C=O) groups excluding carboxylic acids is 2. The Hall–Kier alpha value is -3.12. The number of nitrogens with zero attached hydrogens (tertiary/aromatic N) is 2. The van der Waals surface area contributed by atoms with Gasteiger partial charge in [-0.3, -0.25) is 9.59 Å². The van der Waals surface area contributed by atoms with Crippen LogP contribution in [0.1, 0.15) is 11.1 Å². The number of thiophene rings is 1. The van der Waals surface area contributed by atoms with Gasteiger partial charge in [-0.1, -0.05) is 48.5 Å². The fourth-order valence-electron chi connectivity index (χ4n) is 4.27. The number of methoxy groups -OCH3 is 1. The molecule has 0 saturated carbocycles. The van der Waals surface area contributed by atoms with Crippen molar-refractivity contribution < 1.29 is 14.3 Å². The van der Waals surface area contributed by atoms with Crippen molar-refractivity contribution in [3.8, 4) is 16.2 Å². The molecule has 0 bridgehead atoms. The second-order valence-corrected chi connectivity index (χ2v) is 9.07. The second-order valence-electron chi connectivity index (χ2n) is 8.12. The first kappa shape index (κ1) is 22.1. The lowest BCUT2D eigenvalue weighted by molar-refractivity contribution is -0.133. The fourth-order valence-corrected chi connectivity index (χ4v) is 5.05. The lowest BCUT2D eigenvalue weighted by Gasteiger charge is -2.24. The smallest absolute Gasteiger partial charge is 0.227 e. The number of hydrogen-bond acceptors (Lipinski definition) is 4. The van der Waals surface area contributed by atoms with Crippen molar-refractivity contribution in [2.75, 3.05) is 33.8 Å². The summed E-state index contributed by atoms with van der Waals surface area (Å²) in [6.45, 7) is 1.51. The minimum absolute atomic E-state index is 0.0224. The molecule has 4 rings (SSSR count). The summed E-state index contributed by atoms with van der Waals surface area (Å²) >= 11 is 1.70. The van der Waals surface area contributed by atoms with Crippen LogP contribution in [0.25, 0.3) is 10.4 Å². The first-order valence-electron chi connectivity index (χ1n) is 10.8. The van der Waals surface area contributed by atoms with Gasteiger partial charge in [-0.25, -0.2) is 0 Å². The highest BCUT2D eigenvalue weighted by atomic mass is 32.1. The molecule has 0 spiro atoms. The van der Waals surface area contributed by atoms with Crippen LogP contribution in [-0.2, 0) is 22.4 Å². The number of para-hydroxylation sites is 1. The standard InChI is InChI=1S/C26H28N2O3S/c1-27-13-14-28(25(29)17-20-9-4-6-11-23(20)31-2)18-21(26(27)30)16-19-8-3-5-10-22(19)24-12-7-15-32-24/h3-12,15,21H,13-14,16-18H2,1-2H3. The van der Waals surface area contributed by atoms with Gasteiger partial charge in [0.15, 0.2) is 0 Å². The summed E-state index contributed by atoms with van der Waals surface area (Å²) in [4.78, 5) is 31.1. The van der Waals surface area contributed by atoms with Gasteiger partial charge in [0, 0.05) is 37.1 Å². The quantitative estimate of drug-likeness (QED) is 0.570. The van der Waals surface area contributed by atoms with E-state index >= 15 is 0 Å². The van der Waals surface area contributed by atoms with Gasteiger partial charge in [0.2, 0.25) is 11.8 Å². The van der Waals surface area contributed by atoms with E-state index in [2.05, 4.69) is 23.6 Å². The third-order valence-electron chi connectivity index (χ3n) is 6.03. The van der Waals surface area contributed by atoms with Crippen LogP contribution >= 0.6 is 11.3 Å². The van der Waals surface area contributed by atoms with Crippen molar-refractivity contribution >= 4 is 23.2 Å². The topological polar surface area (TPSA) is 49.9 Å². The highest BCUT2D eigenvalue weighted by molar-refractivity contribution is 7.13. The molecular formula is C26H28N2O3S. The van der Waals surface area contributed by atoms with Crippen LogP contribution in [0.15, 0.2) is 66.0 Å². The molecule has 2 heterocycles. The molecule has 1 aliphatic rings. The Bertz CT molecular complexity index is 1080. The van der Waals surface area contributed by atoms with E-state index in [9.17, 15) is 9.59 Å². The highest BCUT2D eigenvalue weighted by Gasteiger charge is 2.31. The van der Waals surface area contributed by atoms with Gasteiger partial charge in [-0.05, 0) is 35.1 Å². The minimum atomic E-state index is -0.273. The fraction of sp³-hybridized carbons (Fsp3) is 0.308.